The zero-order valence-corrected chi connectivity index (χ0v) is 13.1. The highest BCUT2D eigenvalue weighted by Crippen LogP contribution is 2.09. The molecule has 0 saturated heterocycles. The van der Waals surface area contributed by atoms with Gasteiger partial charge in [-0.1, -0.05) is 12.1 Å². The smallest absolute Gasteiger partial charge is 0.242 e. The SMILES string of the molecule is CC(C)(NC(=O)CS(=O)(=O)Cc1ccc(C#N)cc1)C(N)=O. The number of hydrogen-bond donors (Lipinski definition) is 2. The highest BCUT2D eigenvalue weighted by molar-refractivity contribution is 7.91. The topological polar surface area (TPSA) is 130 Å². The van der Waals surface area contributed by atoms with Gasteiger partial charge in [0.1, 0.15) is 11.3 Å². The van der Waals surface area contributed by atoms with Crippen LogP contribution in [0.4, 0.5) is 0 Å². The van der Waals surface area contributed by atoms with Crippen molar-refractivity contribution in [2.75, 3.05) is 5.75 Å². The third-order valence-corrected chi connectivity index (χ3v) is 4.36. The van der Waals surface area contributed by atoms with Crippen LogP contribution in [-0.2, 0) is 25.2 Å². The van der Waals surface area contributed by atoms with Gasteiger partial charge in [0.05, 0.1) is 17.4 Å². The summed E-state index contributed by atoms with van der Waals surface area (Å²) < 4.78 is 24.0. The first-order valence-electron chi connectivity index (χ1n) is 6.36. The largest absolute Gasteiger partial charge is 0.368 e. The summed E-state index contributed by atoms with van der Waals surface area (Å²) in [5.74, 6) is -2.63. The van der Waals surface area contributed by atoms with Gasteiger partial charge in [0, 0.05) is 0 Å². The van der Waals surface area contributed by atoms with Crippen LogP contribution in [0, 0.1) is 11.3 Å². The van der Waals surface area contributed by atoms with Crippen molar-refractivity contribution in [2.24, 2.45) is 5.73 Å². The van der Waals surface area contributed by atoms with Gasteiger partial charge in [-0.2, -0.15) is 5.26 Å². The van der Waals surface area contributed by atoms with Gasteiger partial charge >= 0.3 is 0 Å². The van der Waals surface area contributed by atoms with Gasteiger partial charge < -0.3 is 11.1 Å². The van der Waals surface area contributed by atoms with Crippen LogP contribution in [0.25, 0.3) is 0 Å². The lowest BCUT2D eigenvalue weighted by Gasteiger charge is -2.22. The second-order valence-corrected chi connectivity index (χ2v) is 7.44. The van der Waals surface area contributed by atoms with Crippen molar-refractivity contribution in [1.29, 1.82) is 5.26 Å². The van der Waals surface area contributed by atoms with E-state index in [0.717, 1.165) is 0 Å². The lowest BCUT2D eigenvalue weighted by atomic mass is 10.1. The Kier molecular flexibility index (Phi) is 5.28. The van der Waals surface area contributed by atoms with Crippen molar-refractivity contribution in [2.45, 2.75) is 25.1 Å². The Morgan fingerprint density at radius 1 is 1.27 bits per heavy atom. The maximum Gasteiger partial charge on any atom is 0.242 e. The summed E-state index contributed by atoms with van der Waals surface area (Å²) >= 11 is 0. The molecule has 1 aromatic carbocycles. The van der Waals surface area contributed by atoms with Gasteiger partial charge in [0.15, 0.2) is 9.84 Å². The van der Waals surface area contributed by atoms with Gasteiger partial charge in [-0.3, -0.25) is 9.59 Å². The molecule has 0 bridgehead atoms. The Morgan fingerprint density at radius 3 is 2.27 bits per heavy atom. The molecule has 0 aliphatic carbocycles. The molecule has 0 fully saturated rings. The van der Waals surface area contributed by atoms with Crippen LogP contribution >= 0.6 is 0 Å². The number of carbonyl (C=O) groups excluding carboxylic acids is 2. The van der Waals surface area contributed by atoms with E-state index in [1.54, 1.807) is 0 Å². The Morgan fingerprint density at radius 2 is 1.82 bits per heavy atom. The molecule has 0 aliphatic rings. The molecule has 1 aromatic rings. The van der Waals surface area contributed by atoms with E-state index >= 15 is 0 Å². The summed E-state index contributed by atoms with van der Waals surface area (Å²) in [6.07, 6.45) is 0. The number of nitrogens with one attached hydrogen (secondary N) is 1. The molecule has 22 heavy (non-hydrogen) atoms. The second kappa shape index (κ2) is 6.58. The van der Waals surface area contributed by atoms with Crippen LogP contribution in [0.15, 0.2) is 24.3 Å². The first-order valence-corrected chi connectivity index (χ1v) is 8.18. The lowest BCUT2D eigenvalue weighted by Crippen LogP contribution is -2.54. The quantitative estimate of drug-likeness (QED) is 0.752. The van der Waals surface area contributed by atoms with E-state index in [4.69, 9.17) is 11.0 Å². The molecular formula is C14H17N3O4S. The van der Waals surface area contributed by atoms with Gasteiger partial charge in [0.25, 0.3) is 0 Å². The van der Waals surface area contributed by atoms with E-state index < -0.39 is 32.9 Å². The van der Waals surface area contributed by atoms with Crippen molar-refractivity contribution in [3.8, 4) is 6.07 Å². The molecule has 0 unspecified atom stereocenters. The fourth-order valence-corrected chi connectivity index (χ4v) is 2.90. The zero-order valence-electron chi connectivity index (χ0n) is 12.3. The zero-order chi connectivity index (χ0) is 17.0. The monoisotopic (exact) mass is 323 g/mol. The molecule has 1 rings (SSSR count). The summed E-state index contributed by atoms with van der Waals surface area (Å²) in [6.45, 7) is 2.78. The predicted molar refractivity (Wildman–Crippen MR) is 80.1 cm³/mol. The second-order valence-electron chi connectivity index (χ2n) is 5.38. The minimum atomic E-state index is -3.70. The van der Waals surface area contributed by atoms with Crippen molar-refractivity contribution < 1.29 is 18.0 Å². The third kappa shape index (κ3) is 5.18. The number of hydrogen-bond acceptors (Lipinski definition) is 5. The van der Waals surface area contributed by atoms with Crippen molar-refractivity contribution in [3.05, 3.63) is 35.4 Å². The average molecular weight is 323 g/mol. The fraction of sp³-hybridized carbons (Fsp3) is 0.357. The van der Waals surface area contributed by atoms with Gasteiger partial charge in [0.2, 0.25) is 11.8 Å². The van der Waals surface area contributed by atoms with E-state index in [1.165, 1.54) is 38.1 Å². The summed E-state index contributed by atoms with van der Waals surface area (Å²) in [4.78, 5) is 22.8. The Balaban J connectivity index is 2.73. The van der Waals surface area contributed by atoms with Gasteiger partial charge in [-0.05, 0) is 31.5 Å². The van der Waals surface area contributed by atoms with Crippen LogP contribution in [0.5, 0.6) is 0 Å². The molecular weight excluding hydrogens is 306 g/mol. The molecule has 2 amide bonds. The van der Waals surface area contributed by atoms with Crippen molar-refractivity contribution >= 4 is 21.7 Å². The van der Waals surface area contributed by atoms with E-state index in [1.807, 2.05) is 6.07 Å². The molecule has 7 nitrogen and oxygen atoms in total. The third-order valence-electron chi connectivity index (χ3n) is 2.89. The number of rotatable bonds is 6. The molecule has 3 N–H and O–H groups in total. The predicted octanol–water partition coefficient (Wildman–Crippen LogP) is -0.147. The van der Waals surface area contributed by atoms with Crippen LogP contribution in [0.2, 0.25) is 0 Å². The van der Waals surface area contributed by atoms with E-state index in [9.17, 15) is 18.0 Å². The maximum absolute atomic E-state index is 12.0. The Hall–Kier alpha value is -2.40. The number of benzene rings is 1. The summed E-state index contributed by atoms with van der Waals surface area (Å²) in [7, 11) is -3.70. The molecule has 8 heteroatoms. The van der Waals surface area contributed by atoms with Crippen LogP contribution in [0.3, 0.4) is 0 Å². The first kappa shape index (κ1) is 17.7. The number of primary amides is 1. The Labute approximate surface area is 129 Å². The number of carbonyl (C=O) groups is 2. The number of nitrogens with zero attached hydrogens (tertiary/aromatic N) is 1. The van der Waals surface area contributed by atoms with Crippen LogP contribution < -0.4 is 11.1 Å². The molecule has 0 saturated carbocycles. The minimum absolute atomic E-state index is 0.330. The highest BCUT2D eigenvalue weighted by atomic mass is 32.2. The standard InChI is InChI=1S/C14H17N3O4S/c1-14(2,13(16)19)17-12(18)9-22(20,21)8-11-5-3-10(7-15)4-6-11/h3-6H,8-9H2,1-2H3,(H2,16,19)(H,17,18). The van der Waals surface area contributed by atoms with E-state index in [-0.39, 0.29) is 5.75 Å². The highest BCUT2D eigenvalue weighted by Gasteiger charge is 2.28. The number of nitrogens with two attached hydrogens (primary N) is 1. The minimum Gasteiger partial charge on any atom is -0.368 e. The molecule has 0 heterocycles. The maximum atomic E-state index is 12.0. The summed E-state index contributed by atoms with van der Waals surface area (Å²) in [5.41, 5.74) is 4.68. The molecule has 0 atom stereocenters. The first-order chi connectivity index (χ1) is 10.1. The van der Waals surface area contributed by atoms with Crippen LogP contribution in [-0.4, -0.2) is 31.5 Å². The Bertz CT molecular complexity index is 715. The molecule has 118 valence electrons. The summed E-state index contributed by atoms with van der Waals surface area (Å²) in [5, 5.41) is 11.0. The van der Waals surface area contributed by atoms with Gasteiger partial charge in [-0.25, -0.2) is 8.42 Å². The molecule has 0 radical (unpaired) electrons. The van der Waals surface area contributed by atoms with E-state index in [0.29, 0.717) is 11.1 Å². The summed E-state index contributed by atoms with van der Waals surface area (Å²) in [6, 6.07) is 7.96. The number of sulfone groups is 1. The number of amides is 2. The average Bonchev–Trinajstić information content (AvgIpc) is 2.37. The lowest BCUT2D eigenvalue weighted by molar-refractivity contribution is -0.129. The van der Waals surface area contributed by atoms with Gasteiger partial charge in [-0.15, -0.1) is 0 Å². The van der Waals surface area contributed by atoms with Crippen molar-refractivity contribution in [1.82, 2.24) is 5.32 Å². The van der Waals surface area contributed by atoms with Crippen LogP contribution in [0.1, 0.15) is 25.0 Å². The fourth-order valence-electron chi connectivity index (χ4n) is 1.63. The normalized spacial score (nSPS) is 11.5. The molecule has 0 aliphatic heterocycles. The molecule has 0 spiro atoms. The molecule has 0 aromatic heterocycles. The number of nitriles is 1. The van der Waals surface area contributed by atoms with Crippen molar-refractivity contribution in [3.63, 3.8) is 0 Å². The van der Waals surface area contributed by atoms with E-state index in [2.05, 4.69) is 5.32 Å².